The number of hydrogen-bond acceptors (Lipinski definition) is 5. The maximum atomic E-state index is 12.9. The summed E-state index contributed by atoms with van der Waals surface area (Å²) in [7, 11) is 0. The molecule has 1 amide bonds. The van der Waals surface area contributed by atoms with E-state index in [9.17, 15) is 18.8 Å². The first-order chi connectivity index (χ1) is 12.8. The van der Waals surface area contributed by atoms with E-state index in [-0.39, 0.29) is 23.0 Å². The van der Waals surface area contributed by atoms with E-state index in [1.54, 1.807) is 6.07 Å². The number of ether oxygens (including phenoxy) is 1. The quantitative estimate of drug-likeness (QED) is 0.551. The molecule has 1 N–H and O–H groups in total. The Morgan fingerprint density at radius 2 is 1.81 bits per heavy atom. The Labute approximate surface area is 161 Å². The monoisotopic (exact) mass is 389 g/mol. The molecule has 0 aliphatic carbocycles. The highest BCUT2D eigenvalue weighted by molar-refractivity contribution is 8.00. The van der Waals surface area contributed by atoms with Crippen molar-refractivity contribution in [3.8, 4) is 0 Å². The molecular weight excluding hydrogens is 369 g/mol. The molecule has 2 aromatic rings. The molecule has 0 spiro atoms. The number of esters is 1. The summed E-state index contributed by atoms with van der Waals surface area (Å²) in [5.41, 5.74) is 1.99. The Morgan fingerprint density at radius 3 is 2.48 bits per heavy atom. The number of anilines is 1. The van der Waals surface area contributed by atoms with Gasteiger partial charge < -0.3 is 10.1 Å². The number of carbonyl (C=O) groups is 3. The van der Waals surface area contributed by atoms with Crippen LogP contribution in [-0.2, 0) is 14.3 Å². The average molecular weight is 389 g/mol. The predicted molar refractivity (Wildman–Crippen MR) is 103 cm³/mol. The van der Waals surface area contributed by atoms with Gasteiger partial charge in [0.15, 0.2) is 6.10 Å². The van der Waals surface area contributed by atoms with Gasteiger partial charge in [0, 0.05) is 11.3 Å². The van der Waals surface area contributed by atoms with Crippen LogP contribution in [0.1, 0.15) is 22.8 Å². The van der Waals surface area contributed by atoms with Crippen LogP contribution < -0.4 is 5.32 Å². The number of thioether (sulfide) groups is 1. The molecule has 0 saturated heterocycles. The average Bonchev–Trinajstić information content (AvgIpc) is 2.61. The first kappa shape index (κ1) is 20.6. The topological polar surface area (TPSA) is 72.5 Å². The zero-order valence-electron chi connectivity index (χ0n) is 15.0. The van der Waals surface area contributed by atoms with Crippen molar-refractivity contribution in [3.05, 3.63) is 65.5 Å². The summed E-state index contributed by atoms with van der Waals surface area (Å²) >= 11 is 1.10. The smallest absolute Gasteiger partial charge is 0.316 e. The molecule has 0 heterocycles. The molecular formula is C20H20FNO4S. The first-order valence-electron chi connectivity index (χ1n) is 8.28. The second-order valence-electron chi connectivity index (χ2n) is 5.91. The fourth-order valence-corrected chi connectivity index (χ4v) is 2.87. The minimum absolute atomic E-state index is 0.0533. The number of amides is 1. The van der Waals surface area contributed by atoms with Gasteiger partial charge in [-0.3, -0.25) is 14.4 Å². The second kappa shape index (κ2) is 9.87. The van der Waals surface area contributed by atoms with E-state index in [0.29, 0.717) is 5.69 Å². The van der Waals surface area contributed by atoms with E-state index < -0.39 is 23.7 Å². The van der Waals surface area contributed by atoms with Gasteiger partial charge in [-0.2, -0.15) is 0 Å². The summed E-state index contributed by atoms with van der Waals surface area (Å²) in [5.74, 6) is -1.65. The highest BCUT2D eigenvalue weighted by atomic mass is 32.2. The summed E-state index contributed by atoms with van der Waals surface area (Å²) in [6.07, 6.45) is -0.982. The Hall–Kier alpha value is -2.67. The van der Waals surface area contributed by atoms with Gasteiger partial charge in [-0.1, -0.05) is 12.1 Å². The zero-order valence-corrected chi connectivity index (χ0v) is 15.8. The largest absolute Gasteiger partial charge is 0.454 e. The summed E-state index contributed by atoms with van der Waals surface area (Å²) in [5, 5.41) is 2.74. The molecule has 142 valence electrons. The molecule has 0 bridgehead atoms. The highest BCUT2D eigenvalue weighted by Crippen LogP contribution is 2.12. The third kappa shape index (κ3) is 6.86. The lowest BCUT2D eigenvalue weighted by atomic mass is 10.1. The maximum Gasteiger partial charge on any atom is 0.316 e. The molecule has 7 heteroatoms. The Bertz CT molecular complexity index is 823. The van der Waals surface area contributed by atoms with Crippen LogP contribution >= 0.6 is 11.8 Å². The number of aryl methyl sites for hydroxylation is 1. The number of rotatable bonds is 8. The molecule has 0 fully saturated rings. The number of hydrogen-bond donors (Lipinski definition) is 1. The second-order valence-corrected chi connectivity index (χ2v) is 6.90. The van der Waals surface area contributed by atoms with Crippen molar-refractivity contribution in [1.82, 2.24) is 0 Å². The highest BCUT2D eigenvalue weighted by Gasteiger charge is 2.19. The van der Waals surface area contributed by atoms with Crippen LogP contribution in [0.2, 0.25) is 0 Å². The van der Waals surface area contributed by atoms with Gasteiger partial charge in [-0.05, 0) is 55.8 Å². The van der Waals surface area contributed by atoms with Crippen molar-refractivity contribution < 1.29 is 23.5 Å². The standard InChI is InChI=1S/C20H20FNO4S/c1-13-4-3-5-17(10-13)22-18(23)11-27-12-19(24)26-14(2)20(25)15-6-8-16(21)9-7-15/h3-10,14H,11-12H2,1-2H3,(H,22,23)/t14-/m0/s1. The van der Waals surface area contributed by atoms with Crippen LogP contribution in [0.25, 0.3) is 0 Å². The van der Waals surface area contributed by atoms with Crippen molar-refractivity contribution >= 4 is 35.1 Å². The van der Waals surface area contributed by atoms with Crippen LogP contribution in [0.4, 0.5) is 10.1 Å². The summed E-state index contributed by atoms with van der Waals surface area (Å²) in [6.45, 7) is 3.38. The molecule has 5 nitrogen and oxygen atoms in total. The van der Waals surface area contributed by atoms with Crippen molar-refractivity contribution in [2.75, 3.05) is 16.8 Å². The van der Waals surface area contributed by atoms with E-state index >= 15 is 0 Å². The van der Waals surface area contributed by atoms with Crippen LogP contribution in [-0.4, -0.2) is 35.3 Å². The van der Waals surface area contributed by atoms with Crippen LogP contribution in [0.15, 0.2) is 48.5 Å². The van der Waals surface area contributed by atoms with Gasteiger partial charge in [-0.15, -0.1) is 11.8 Å². The first-order valence-corrected chi connectivity index (χ1v) is 9.44. The Morgan fingerprint density at radius 1 is 1.11 bits per heavy atom. The Balaban J connectivity index is 1.72. The summed E-state index contributed by atoms with van der Waals surface area (Å²) in [6, 6.07) is 12.4. The third-order valence-corrected chi connectivity index (χ3v) is 4.47. The number of ketones is 1. The molecule has 0 radical (unpaired) electrons. The number of nitrogens with one attached hydrogen (secondary N) is 1. The Kier molecular flexibility index (Phi) is 7.55. The minimum Gasteiger partial charge on any atom is -0.454 e. The molecule has 0 unspecified atom stereocenters. The summed E-state index contributed by atoms with van der Waals surface area (Å²) < 4.78 is 18.0. The fourth-order valence-electron chi connectivity index (χ4n) is 2.28. The predicted octanol–water partition coefficient (Wildman–Crippen LogP) is 3.62. The number of Topliss-reactive ketones (excluding diaryl/α,β-unsaturated/α-hetero) is 1. The number of halogens is 1. The van der Waals surface area contributed by atoms with E-state index in [1.807, 2.05) is 25.1 Å². The lowest BCUT2D eigenvalue weighted by Crippen LogP contribution is -2.25. The molecule has 0 saturated carbocycles. The number of benzene rings is 2. The lowest BCUT2D eigenvalue weighted by molar-refractivity contribution is -0.143. The maximum absolute atomic E-state index is 12.9. The minimum atomic E-state index is -0.982. The molecule has 27 heavy (non-hydrogen) atoms. The van der Waals surface area contributed by atoms with E-state index in [2.05, 4.69) is 5.32 Å². The van der Waals surface area contributed by atoms with Crippen molar-refractivity contribution in [2.45, 2.75) is 20.0 Å². The van der Waals surface area contributed by atoms with Crippen molar-refractivity contribution in [3.63, 3.8) is 0 Å². The zero-order chi connectivity index (χ0) is 19.8. The van der Waals surface area contributed by atoms with Crippen LogP contribution in [0.5, 0.6) is 0 Å². The molecule has 0 aliphatic heterocycles. The van der Waals surface area contributed by atoms with Crippen LogP contribution in [0.3, 0.4) is 0 Å². The normalized spacial score (nSPS) is 11.5. The molecule has 0 aliphatic rings. The third-order valence-electron chi connectivity index (χ3n) is 3.56. The molecule has 2 rings (SSSR count). The van der Waals surface area contributed by atoms with Gasteiger partial charge >= 0.3 is 5.97 Å². The summed E-state index contributed by atoms with van der Waals surface area (Å²) in [4.78, 5) is 35.9. The van der Waals surface area contributed by atoms with Gasteiger partial charge in [-0.25, -0.2) is 4.39 Å². The lowest BCUT2D eigenvalue weighted by Gasteiger charge is -2.12. The number of carbonyl (C=O) groups excluding carboxylic acids is 3. The molecule has 1 atom stereocenters. The van der Waals surface area contributed by atoms with E-state index in [1.165, 1.54) is 31.2 Å². The van der Waals surface area contributed by atoms with Gasteiger partial charge in [0.05, 0.1) is 11.5 Å². The van der Waals surface area contributed by atoms with Crippen molar-refractivity contribution in [1.29, 1.82) is 0 Å². The molecule has 0 aromatic heterocycles. The van der Waals surface area contributed by atoms with Gasteiger partial charge in [0.1, 0.15) is 5.82 Å². The SMILES string of the molecule is Cc1cccc(NC(=O)CSCC(=O)O[C@@H](C)C(=O)c2ccc(F)cc2)c1. The van der Waals surface area contributed by atoms with Crippen molar-refractivity contribution in [2.24, 2.45) is 0 Å². The van der Waals surface area contributed by atoms with E-state index in [4.69, 9.17) is 4.74 Å². The van der Waals surface area contributed by atoms with Gasteiger partial charge in [0.25, 0.3) is 0 Å². The van der Waals surface area contributed by atoms with Gasteiger partial charge in [0.2, 0.25) is 11.7 Å². The van der Waals surface area contributed by atoms with Crippen LogP contribution in [0, 0.1) is 12.7 Å². The molecule has 2 aromatic carbocycles. The van der Waals surface area contributed by atoms with E-state index in [0.717, 1.165) is 17.3 Å². The fraction of sp³-hybridized carbons (Fsp3) is 0.250.